The average Bonchev–Trinajstić information content (AvgIpc) is 3.27. The van der Waals surface area contributed by atoms with Gasteiger partial charge in [-0.15, -0.1) is 0 Å². The molecule has 0 atom stereocenters. The number of Topliss-reactive ketones (excluding diaryl/α,β-unsaturated/α-hetero) is 1. The van der Waals surface area contributed by atoms with Gasteiger partial charge >= 0.3 is 5.97 Å². The van der Waals surface area contributed by atoms with Gasteiger partial charge in [-0.2, -0.15) is 0 Å². The van der Waals surface area contributed by atoms with E-state index in [-0.39, 0.29) is 26.4 Å². The summed E-state index contributed by atoms with van der Waals surface area (Å²) in [4.78, 5) is 24.9. The van der Waals surface area contributed by atoms with Gasteiger partial charge in [-0.25, -0.2) is 4.79 Å². The normalized spacial score (nSPS) is 10.9. The summed E-state index contributed by atoms with van der Waals surface area (Å²) >= 11 is 17.9. The minimum Gasteiger partial charge on any atom is -0.467 e. The molecule has 0 radical (unpaired) electrons. The molecule has 0 aliphatic rings. The summed E-state index contributed by atoms with van der Waals surface area (Å²) < 4.78 is 12.5. The minimum absolute atomic E-state index is 0.0109. The Labute approximate surface area is 176 Å². The van der Waals surface area contributed by atoms with Gasteiger partial charge < -0.3 is 13.7 Å². The van der Waals surface area contributed by atoms with Crippen molar-refractivity contribution in [1.29, 1.82) is 0 Å². The highest BCUT2D eigenvalue weighted by Gasteiger charge is 2.22. The number of aromatic nitrogens is 1. The fraction of sp³-hybridized carbons (Fsp3) is 0.200. The summed E-state index contributed by atoms with van der Waals surface area (Å²) in [5.41, 5.74) is 2.06. The van der Waals surface area contributed by atoms with Crippen LogP contribution in [0, 0.1) is 13.8 Å². The fourth-order valence-electron chi connectivity index (χ4n) is 2.88. The van der Waals surface area contributed by atoms with E-state index in [1.165, 1.54) is 12.1 Å². The van der Waals surface area contributed by atoms with Crippen LogP contribution in [0.3, 0.4) is 0 Å². The lowest BCUT2D eigenvalue weighted by Gasteiger charge is -2.09. The van der Waals surface area contributed by atoms with Crippen LogP contribution in [0.1, 0.15) is 37.9 Å². The Morgan fingerprint density at radius 1 is 1.11 bits per heavy atom. The quantitative estimate of drug-likeness (QED) is 0.278. The molecule has 146 valence electrons. The molecule has 0 aliphatic heterocycles. The first kappa shape index (κ1) is 20.5. The zero-order valence-electron chi connectivity index (χ0n) is 15.1. The Hall–Kier alpha value is -2.21. The van der Waals surface area contributed by atoms with Crippen molar-refractivity contribution in [2.24, 2.45) is 0 Å². The predicted molar refractivity (Wildman–Crippen MR) is 108 cm³/mol. The highest BCUT2D eigenvalue weighted by atomic mass is 35.5. The Kier molecular flexibility index (Phi) is 6.18. The summed E-state index contributed by atoms with van der Waals surface area (Å²) in [7, 11) is 0. The van der Waals surface area contributed by atoms with Crippen molar-refractivity contribution in [3.8, 4) is 0 Å². The number of rotatable bonds is 6. The molecular formula is C20H16Cl3NO4. The first-order valence-electron chi connectivity index (χ1n) is 8.32. The molecule has 3 aromatic rings. The van der Waals surface area contributed by atoms with Crippen LogP contribution in [0.15, 0.2) is 41.0 Å². The molecule has 0 unspecified atom stereocenters. The summed E-state index contributed by atoms with van der Waals surface area (Å²) in [6.07, 6.45) is 1.60. The number of furan rings is 1. The summed E-state index contributed by atoms with van der Waals surface area (Å²) in [6, 6.07) is 8.34. The summed E-state index contributed by atoms with van der Waals surface area (Å²) in [5, 5.41) is 0.262. The molecule has 0 fully saturated rings. The first-order valence-corrected chi connectivity index (χ1v) is 9.46. The average molecular weight is 441 g/mol. The van der Waals surface area contributed by atoms with Gasteiger partial charge in [-0.1, -0.05) is 34.8 Å². The minimum atomic E-state index is -0.810. The van der Waals surface area contributed by atoms with Gasteiger partial charge in [0.2, 0.25) is 5.78 Å². The molecule has 0 saturated carbocycles. The van der Waals surface area contributed by atoms with E-state index in [4.69, 9.17) is 44.0 Å². The molecule has 5 nitrogen and oxygen atoms in total. The zero-order chi connectivity index (χ0) is 20.4. The number of carbonyl (C=O) groups is 2. The van der Waals surface area contributed by atoms with Crippen molar-refractivity contribution < 1.29 is 18.7 Å². The lowest BCUT2D eigenvalue weighted by Crippen LogP contribution is -2.16. The molecule has 0 bridgehead atoms. The zero-order valence-corrected chi connectivity index (χ0v) is 17.4. The highest BCUT2D eigenvalue weighted by molar-refractivity contribution is 6.46. The maximum absolute atomic E-state index is 12.6. The van der Waals surface area contributed by atoms with E-state index in [2.05, 4.69) is 0 Å². The van der Waals surface area contributed by atoms with E-state index in [0.29, 0.717) is 12.1 Å². The van der Waals surface area contributed by atoms with Crippen LogP contribution in [0.25, 0.3) is 0 Å². The second-order valence-corrected chi connectivity index (χ2v) is 7.36. The number of halogens is 3. The second-order valence-electron chi connectivity index (χ2n) is 6.17. The van der Waals surface area contributed by atoms with E-state index >= 15 is 0 Å². The molecule has 0 amide bonds. The van der Waals surface area contributed by atoms with Gasteiger partial charge in [0.05, 0.1) is 33.4 Å². The van der Waals surface area contributed by atoms with Crippen LogP contribution in [0.5, 0.6) is 0 Å². The fourth-order valence-corrected chi connectivity index (χ4v) is 3.56. The van der Waals surface area contributed by atoms with Crippen molar-refractivity contribution in [2.45, 2.75) is 20.4 Å². The van der Waals surface area contributed by atoms with Gasteiger partial charge in [-0.05, 0) is 44.2 Å². The van der Waals surface area contributed by atoms with Gasteiger partial charge in [0, 0.05) is 17.0 Å². The van der Waals surface area contributed by atoms with Crippen LogP contribution in [-0.2, 0) is 11.3 Å². The Balaban J connectivity index is 1.74. The number of ketones is 1. The van der Waals surface area contributed by atoms with Gasteiger partial charge in [0.25, 0.3) is 0 Å². The number of nitrogens with zero attached hydrogens (tertiary/aromatic N) is 1. The van der Waals surface area contributed by atoms with E-state index in [1.54, 1.807) is 18.4 Å². The lowest BCUT2D eigenvalue weighted by atomic mass is 10.1. The molecule has 1 aromatic carbocycles. The van der Waals surface area contributed by atoms with Gasteiger partial charge in [0.1, 0.15) is 5.76 Å². The topological polar surface area (TPSA) is 61.4 Å². The number of hydrogen-bond donors (Lipinski definition) is 0. The Bertz CT molecular complexity index is 1040. The maximum atomic E-state index is 12.6. The van der Waals surface area contributed by atoms with Crippen molar-refractivity contribution >= 4 is 46.6 Å². The molecule has 2 aromatic heterocycles. The second kappa shape index (κ2) is 8.43. The van der Waals surface area contributed by atoms with Crippen molar-refractivity contribution in [1.82, 2.24) is 4.57 Å². The molecule has 3 rings (SSSR count). The Morgan fingerprint density at radius 2 is 1.82 bits per heavy atom. The number of ether oxygens (including phenoxy) is 1. The largest absolute Gasteiger partial charge is 0.467 e. The Morgan fingerprint density at radius 3 is 2.50 bits per heavy atom. The SMILES string of the molecule is Cc1cc(C(=O)COC(=O)c2c(Cl)ccc(Cl)c2Cl)c(C)n1Cc1ccco1. The molecule has 0 saturated heterocycles. The monoisotopic (exact) mass is 439 g/mol. The summed E-state index contributed by atoms with van der Waals surface area (Å²) in [6.45, 7) is 3.79. The van der Waals surface area contributed by atoms with Crippen LogP contribution >= 0.6 is 34.8 Å². The van der Waals surface area contributed by atoms with Crippen molar-refractivity contribution in [3.63, 3.8) is 0 Å². The standard InChI is InChI=1S/C20H16Cl3NO4/c1-11-8-14(12(2)24(11)9-13-4-3-7-27-13)17(25)10-28-20(26)18-15(21)5-6-16(22)19(18)23/h3-8H,9-10H2,1-2H3. The van der Waals surface area contributed by atoms with E-state index < -0.39 is 12.6 Å². The van der Waals surface area contributed by atoms with E-state index in [1.807, 2.05) is 24.5 Å². The van der Waals surface area contributed by atoms with Crippen LogP contribution in [0.2, 0.25) is 15.1 Å². The first-order chi connectivity index (χ1) is 13.3. The van der Waals surface area contributed by atoms with E-state index in [0.717, 1.165) is 17.1 Å². The number of benzene rings is 1. The molecule has 0 N–H and O–H groups in total. The number of aryl methyl sites for hydroxylation is 1. The van der Waals surface area contributed by atoms with Gasteiger partial charge in [-0.3, -0.25) is 4.79 Å². The third-order valence-electron chi connectivity index (χ3n) is 4.35. The van der Waals surface area contributed by atoms with Gasteiger partial charge in [0.15, 0.2) is 6.61 Å². The van der Waals surface area contributed by atoms with Crippen molar-refractivity contribution in [2.75, 3.05) is 6.61 Å². The lowest BCUT2D eigenvalue weighted by molar-refractivity contribution is 0.0475. The number of hydrogen-bond acceptors (Lipinski definition) is 4. The summed E-state index contributed by atoms with van der Waals surface area (Å²) in [5.74, 6) is -0.367. The molecule has 8 heteroatoms. The number of esters is 1. The smallest absolute Gasteiger partial charge is 0.341 e. The predicted octanol–water partition coefficient (Wildman–Crippen LogP) is 5.75. The molecule has 0 spiro atoms. The maximum Gasteiger partial charge on any atom is 0.341 e. The third kappa shape index (κ3) is 4.12. The number of carbonyl (C=O) groups excluding carboxylic acids is 2. The van der Waals surface area contributed by atoms with Crippen LogP contribution < -0.4 is 0 Å². The molecule has 0 aliphatic carbocycles. The third-order valence-corrected chi connectivity index (χ3v) is 5.47. The molecule has 28 heavy (non-hydrogen) atoms. The molecular weight excluding hydrogens is 425 g/mol. The van der Waals surface area contributed by atoms with Crippen molar-refractivity contribution in [3.05, 3.63) is 79.9 Å². The van der Waals surface area contributed by atoms with Crippen LogP contribution in [-0.4, -0.2) is 22.9 Å². The van der Waals surface area contributed by atoms with E-state index in [9.17, 15) is 9.59 Å². The highest BCUT2D eigenvalue weighted by Crippen LogP contribution is 2.32. The molecule has 2 heterocycles. The van der Waals surface area contributed by atoms with Crippen LogP contribution in [0.4, 0.5) is 0 Å².